The lowest BCUT2D eigenvalue weighted by Gasteiger charge is -2.14. The number of ketones is 1. The summed E-state index contributed by atoms with van der Waals surface area (Å²) in [7, 11) is 0. The van der Waals surface area contributed by atoms with Crippen molar-refractivity contribution in [2.45, 2.75) is 26.2 Å². The van der Waals surface area contributed by atoms with Crippen LogP contribution >= 0.6 is 0 Å². The maximum absolute atomic E-state index is 12.6. The largest absolute Gasteiger partial charge is 0.494 e. The van der Waals surface area contributed by atoms with Gasteiger partial charge in [0.15, 0.2) is 5.78 Å². The molecular weight excluding hydrogens is 248 g/mol. The predicted molar refractivity (Wildman–Crippen MR) is 81.4 cm³/mol. The molecular formula is C18H20O2. The zero-order valence-corrected chi connectivity index (χ0v) is 12.0. The van der Waals surface area contributed by atoms with E-state index in [2.05, 4.69) is 0 Å². The van der Waals surface area contributed by atoms with E-state index in [-0.39, 0.29) is 11.7 Å². The zero-order chi connectivity index (χ0) is 14.4. The van der Waals surface area contributed by atoms with Crippen molar-refractivity contribution in [3.63, 3.8) is 0 Å². The van der Waals surface area contributed by atoms with E-state index in [4.69, 9.17) is 4.74 Å². The summed E-state index contributed by atoms with van der Waals surface area (Å²) in [5.74, 6) is 0.896. The van der Waals surface area contributed by atoms with Crippen LogP contribution in [0.2, 0.25) is 0 Å². The van der Waals surface area contributed by atoms with Gasteiger partial charge in [-0.15, -0.1) is 0 Å². The van der Waals surface area contributed by atoms with Crippen LogP contribution in [-0.2, 0) is 0 Å². The van der Waals surface area contributed by atoms with Gasteiger partial charge in [0.05, 0.1) is 6.61 Å². The topological polar surface area (TPSA) is 26.3 Å². The second-order valence-electron chi connectivity index (χ2n) is 4.69. The highest BCUT2D eigenvalue weighted by Crippen LogP contribution is 2.25. The normalized spacial score (nSPS) is 11.9. The van der Waals surface area contributed by atoms with Crippen LogP contribution in [-0.4, -0.2) is 12.4 Å². The summed E-state index contributed by atoms with van der Waals surface area (Å²) in [6.45, 7) is 4.63. The maximum Gasteiger partial charge on any atom is 0.170 e. The van der Waals surface area contributed by atoms with Gasteiger partial charge in [-0.1, -0.05) is 37.3 Å². The molecule has 1 atom stereocenters. The van der Waals surface area contributed by atoms with E-state index in [9.17, 15) is 4.79 Å². The lowest BCUT2D eigenvalue weighted by Crippen LogP contribution is -2.12. The summed E-state index contributed by atoms with van der Waals surface area (Å²) in [5, 5.41) is 0. The monoisotopic (exact) mass is 268 g/mol. The molecule has 20 heavy (non-hydrogen) atoms. The van der Waals surface area contributed by atoms with Gasteiger partial charge in [0.2, 0.25) is 0 Å². The van der Waals surface area contributed by atoms with Gasteiger partial charge in [-0.2, -0.15) is 0 Å². The van der Waals surface area contributed by atoms with Crippen LogP contribution in [0.4, 0.5) is 0 Å². The van der Waals surface area contributed by atoms with Gasteiger partial charge in [-0.25, -0.2) is 0 Å². The second-order valence-corrected chi connectivity index (χ2v) is 4.69. The van der Waals surface area contributed by atoms with E-state index in [1.807, 2.05) is 68.4 Å². The first kappa shape index (κ1) is 14.3. The molecule has 0 amide bonds. The molecule has 2 nitrogen and oxygen atoms in total. The Hall–Kier alpha value is -2.09. The van der Waals surface area contributed by atoms with Crippen LogP contribution in [0.5, 0.6) is 5.75 Å². The van der Waals surface area contributed by atoms with Crippen LogP contribution in [0.25, 0.3) is 0 Å². The van der Waals surface area contributed by atoms with E-state index < -0.39 is 0 Å². The highest BCUT2D eigenvalue weighted by Gasteiger charge is 2.19. The minimum Gasteiger partial charge on any atom is -0.494 e. The predicted octanol–water partition coefficient (Wildman–Crippen LogP) is 4.46. The third-order valence-electron chi connectivity index (χ3n) is 3.38. The molecule has 104 valence electrons. The SMILES string of the molecule is CCOc1ccc(C(=O)C(CC)c2ccccc2)cc1. The molecule has 0 aliphatic carbocycles. The van der Waals surface area contributed by atoms with Crippen molar-refractivity contribution in [3.05, 3.63) is 65.7 Å². The van der Waals surface area contributed by atoms with Gasteiger partial charge >= 0.3 is 0 Å². The van der Waals surface area contributed by atoms with Crippen molar-refractivity contribution >= 4 is 5.78 Å². The van der Waals surface area contributed by atoms with Gasteiger partial charge in [0.1, 0.15) is 5.75 Å². The van der Waals surface area contributed by atoms with E-state index in [1.165, 1.54) is 0 Å². The average Bonchev–Trinajstić information content (AvgIpc) is 2.50. The molecule has 2 heteroatoms. The summed E-state index contributed by atoms with van der Waals surface area (Å²) in [4.78, 5) is 12.6. The molecule has 0 fully saturated rings. The van der Waals surface area contributed by atoms with E-state index in [0.29, 0.717) is 6.61 Å². The molecule has 0 spiro atoms. The van der Waals surface area contributed by atoms with E-state index >= 15 is 0 Å². The molecule has 0 N–H and O–H groups in total. The molecule has 0 heterocycles. The van der Waals surface area contributed by atoms with Gasteiger partial charge in [0.25, 0.3) is 0 Å². The molecule has 0 aromatic heterocycles. The van der Waals surface area contributed by atoms with E-state index in [0.717, 1.165) is 23.3 Å². The molecule has 0 bridgehead atoms. The van der Waals surface area contributed by atoms with Crippen LogP contribution in [0, 0.1) is 0 Å². The Morgan fingerprint density at radius 3 is 2.20 bits per heavy atom. The molecule has 0 saturated heterocycles. The first-order chi connectivity index (χ1) is 9.76. The van der Waals surface area contributed by atoms with Gasteiger partial charge in [0, 0.05) is 11.5 Å². The Morgan fingerprint density at radius 1 is 1.00 bits per heavy atom. The van der Waals surface area contributed by atoms with Gasteiger partial charge in [-0.3, -0.25) is 4.79 Å². The third-order valence-corrected chi connectivity index (χ3v) is 3.38. The number of ether oxygens (including phenoxy) is 1. The number of Topliss-reactive ketones (excluding diaryl/α,β-unsaturated/α-hetero) is 1. The molecule has 0 aliphatic rings. The Morgan fingerprint density at radius 2 is 1.65 bits per heavy atom. The molecule has 0 aliphatic heterocycles. The summed E-state index contributed by atoms with van der Waals surface area (Å²) in [6.07, 6.45) is 0.802. The Balaban J connectivity index is 2.20. The van der Waals surface area contributed by atoms with Crippen LogP contribution in [0.3, 0.4) is 0 Å². The smallest absolute Gasteiger partial charge is 0.170 e. The fourth-order valence-electron chi connectivity index (χ4n) is 2.34. The number of carbonyl (C=O) groups excluding carboxylic acids is 1. The summed E-state index contributed by atoms with van der Waals surface area (Å²) in [6, 6.07) is 17.4. The number of hydrogen-bond donors (Lipinski definition) is 0. The number of rotatable bonds is 6. The molecule has 0 radical (unpaired) electrons. The summed E-state index contributed by atoms with van der Waals surface area (Å²) < 4.78 is 5.40. The fraction of sp³-hybridized carbons (Fsp3) is 0.278. The number of carbonyl (C=O) groups is 1. The number of benzene rings is 2. The first-order valence-electron chi connectivity index (χ1n) is 7.08. The highest BCUT2D eigenvalue weighted by atomic mass is 16.5. The first-order valence-corrected chi connectivity index (χ1v) is 7.08. The lowest BCUT2D eigenvalue weighted by atomic mass is 9.89. The lowest BCUT2D eigenvalue weighted by molar-refractivity contribution is 0.0957. The Bertz CT molecular complexity index is 543. The van der Waals surface area contributed by atoms with Crippen molar-refractivity contribution in [2.75, 3.05) is 6.61 Å². The Labute approximate surface area is 120 Å². The summed E-state index contributed by atoms with van der Waals surface area (Å²) >= 11 is 0. The van der Waals surface area contributed by atoms with E-state index in [1.54, 1.807) is 0 Å². The van der Waals surface area contributed by atoms with Gasteiger partial charge < -0.3 is 4.74 Å². The quantitative estimate of drug-likeness (QED) is 0.723. The van der Waals surface area contributed by atoms with Crippen molar-refractivity contribution in [3.8, 4) is 5.75 Å². The molecule has 2 rings (SSSR count). The maximum atomic E-state index is 12.6. The average molecular weight is 268 g/mol. The highest BCUT2D eigenvalue weighted by molar-refractivity contribution is 6.01. The fourth-order valence-corrected chi connectivity index (χ4v) is 2.34. The van der Waals surface area contributed by atoms with Crippen LogP contribution < -0.4 is 4.74 Å². The third kappa shape index (κ3) is 3.27. The molecule has 2 aromatic carbocycles. The number of hydrogen-bond acceptors (Lipinski definition) is 2. The van der Waals surface area contributed by atoms with Crippen molar-refractivity contribution in [2.24, 2.45) is 0 Å². The van der Waals surface area contributed by atoms with Crippen molar-refractivity contribution in [1.82, 2.24) is 0 Å². The molecule has 2 aromatic rings. The van der Waals surface area contributed by atoms with Crippen LogP contribution in [0.1, 0.15) is 42.1 Å². The van der Waals surface area contributed by atoms with Crippen LogP contribution in [0.15, 0.2) is 54.6 Å². The van der Waals surface area contributed by atoms with Crippen molar-refractivity contribution < 1.29 is 9.53 Å². The minimum atomic E-state index is -0.0749. The van der Waals surface area contributed by atoms with Gasteiger partial charge in [-0.05, 0) is 43.2 Å². The standard InChI is InChI=1S/C18H20O2/c1-3-17(14-8-6-5-7-9-14)18(19)15-10-12-16(13-11-15)20-4-2/h5-13,17H,3-4H2,1-2H3. The minimum absolute atomic E-state index is 0.0749. The second kappa shape index (κ2) is 6.90. The molecule has 1 unspecified atom stereocenters. The summed E-state index contributed by atoms with van der Waals surface area (Å²) in [5.41, 5.74) is 1.82. The molecule has 0 saturated carbocycles. The Kier molecular flexibility index (Phi) is 4.94. The van der Waals surface area contributed by atoms with Crippen molar-refractivity contribution in [1.29, 1.82) is 0 Å². The zero-order valence-electron chi connectivity index (χ0n) is 12.0.